The zero-order chi connectivity index (χ0) is 27.5. The molecule has 0 bridgehead atoms. The zero-order valence-corrected chi connectivity index (χ0v) is 23.3. The monoisotopic (exact) mass is 552 g/mol. The van der Waals surface area contributed by atoms with Gasteiger partial charge in [-0.15, -0.1) is 5.10 Å². The lowest BCUT2D eigenvalue weighted by Crippen LogP contribution is -2.22. The van der Waals surface area contributed by atoms with E-state index in [0.29, 0.717) is 48.3 Å². The maximum atomic E-state index is 6.31. The van der Waals surface area contributed by atoms with Crippen LogP contribution in [0.25, 0.3) is 11.1 Å². The molecule has 3 aromatic rings. The smallest absolute Gasteiger partial charge is 0.257 e. The highest BCUT2D eigenvalue weighted by molar-refractivity contribution is 6.32. The van der Waals surface area contributed by atoms with Crippen molar-refractivity contribution in [2.24, 2.45) is 10.7 Å². The number of benzene rings is 1. The fraction of sp³-hybridized carbons (Fsp3) is 0.429. The van der Waals surface area contributed by atoms with Crippen LogP contribution in [0.5, 0.6) is 11.6 Å². The van der Waals surface area contributed by atoms with Crippen LogP contribution in [0.4, 0.5) is 11.6 Å². The first-order valence-electron chi connectivity index (χ1n) is 13.4. The van der Waals surface area contributed by atoms with Gasteiger partial charge in [0.25, 0.3) is 5.88 Å². The van der Waals surface area contributed by atoms with Crippen LogP contribution in [0.15, 0.2) is 54.1 Å². The highest BCUT2D eigenvalue weighted by atomic mass is 35.5. The van der Waals surface area contributed by atoms with Gasteiger partial charge in [-0.3, -0.25) is 9.67 Å². The number of ether oxygens (including phenoxy) is 2. The van der Waals surface area contributed by atoms with E-state index in [9.17, 15) is 0 Å². The van der Waals surface area contributed by atoms with E-state index in [1.54, 1.807) is 24.8 Å². The van der Waals surface area contributed by atoms with E-state index in [1.165, 1.54) is 19.3 Å². The number of nitrogens with two attached hydrogens (primary N) is 1. The topological polar surface area (TPSA) is 125 Å². The summed E-state index contributed by atoms with van der Waals surface area (Å²) in [5.41, 5.74) is 8.14. The highest BCUT2D eigenvalue weighted by Crippen LogP contribution is 2.34. The quantitative estimate of drug-likeness (QED) is 0.144. The first-order chi connectivity index (χ1) is 19.1. The van der Waals surface area contributed by atoms with Crippen molar-refractivity contribution in [3.8, 4) is 22.8 Å². The summed E-state index contributed by atoms with van der Waals surface area (Å²) >= 11 is 6.31. The Bertz CT molecular complexity index is 1240. The predicted octanol–water partition coefficient (Wildman–Crippen LogP) is 5.50. The molecule has 1 saturated carbocycles. The molecule has 4 N–H and O–H groups in total. The number of nitrogens with one attached hydrogen (secondary N) is 2. The maximum Gasteiger partial charge on any atom is 0.257 e. The summed E-state index contributed by atoms with van der Waals surface area (Å²) in [4.78, 5) is 13.4. The summed E-state index contributed by atoms with van der Waals surface area (Å²) in [6.07, 6.45) is 16.6. The van der Waals surface area contributed by atoms with Crippen LogP contribution in [0.1, 0.15) is 52.0 Å². The summed E-state index contributed by atoms with van der Waals surface area (Å²) in [7, 11) is 0. The van der Waals surface area contributed by atoms with Gasteiger partial charge in [0, 0.05) is 24.5 Å². The van der Waals surface area contributed by atoms with Crippen molar-refractivity contribution in [2.75, 3.05) is 25.0 Å². The average molecular weight is 553 g/mol. The van der Waals surface area contributed by atoms with Crippen molar-refractivity contribution in [1.82, 2.24) is 25.1 Å². The summed E-state index contributed by atoms with van der Waals surface area (Å²) < 4.78 is 13.9. The molecular formula is C28H37ClN8O2. The van der Waals surface area contributed by atoms with Crippen LogP contribution < -0.4 is 25.8 Å². The fourth-order valence-corrected chi connectivity index (χ4v) is 4.41. The summed E-state index contributed by atoms with van der Waals surface area (Å²) in [6, 6.07) is 5.94. The number of allylic oxidation sites excluding steroid dienone is 1. The van der Waals surface area contributed by atoms with Crippen LogP contribution in [0, 0.1) is 0 Å². The van der Waals surface area contributed by atoms with Gasteiger partial charge >= 0.3 is 0 Å². The van der Waals surface area contributed by atoms with Crippen LogP contribution >= 0.6 is 11.6 Å². The molecule has 0 radical (unpaired) electrons. The standard InChI is InChI=1S/C28H37ClN8O2/c1-3-11-31-19-32-12-13-38-27-25(18-37(36-27)23-7-5-4-6-8-23)35-28-33-16-22(17-34-28)21-9-10-24(29)26(14-21)39-20(2)15-30/h3,9-11,14,16-20,23H,4-8,12-13,15,30H2,1-2H3,(H,31,32)(H,33,34,35)/b11-3-/t20-/m0/s1. The van der Waals surface area contributed by atoms with Crippen LogP contribution in [-0.4, -0.2) is 51.9 Å². The molecular weight excluding hydrogens is 516 g/mol. The first-order valence-corrected chi connectivity index (χ1v) is 13.8. The van der Waals surface area contributed by atoms with Gasteiger partial charge in [0.15, 0.2) is 0 Å². The molecule has 2 heterocycles. The van der Waals surface area contributed by atoms with E-state index in [2.05, 4.69) is 25.6 Å². The minimum absolute atomic E-state index is 0.145. The number of halogens is 1. The van der Waals surface area contributed by atoms with Crippen LogP contribution in [-0.2, 0) is 0 Å². The largest absolute Gasteiger partial charge is 0.488 e. The number of hydrogen-bond donors (Lipinski definition) is 3. The molecule has 11 heteroatoms. The molecule has 2 aromatic heterocycles. The molecule has 208 valence electrons. The Hall–Kier alpha value is -3.63. The summed E-state index contributed by atoms with van der Waals surface area (Å²) in [6.45, 7) is 5.13. The van der Waals surface area contributed by atoms with Crippen LogP contribution in [0.3, 0.4) is 0 Å². The van der Waals surface area contributed by atoms with Gasteiger partial charge in [-0.1, -0.05) is 43.0 Å². The third-order valence-electron chi connectivity index (χ3n) is 6.36. The Morgan fingerprint density at radius 1 is 1.21 bits per heavy atom. The molecule has 39 heavy (non-hydrogen) atoms. The predicted molar refractivity (Wildman–Crippen MR) is 156 cm³/mol. The molecule has 0 saturated heterocycles. The SMILES string of the molecule is C/C=C\NC=NCCOc1nn(C2CCCCC2)cc1Nc1ncc(-c2ccc(Cl)c(O[C@@H](C)CN)c2)cn1. The second-order valence-electron chi connectivity index (χ2n) is 9.40. The van der Waals surface area contributed by atoms with Crippen LogP contribution in [0.2, 0.25) is 5.02 Å². The highest BCUT2D eigenvalue weighted by Gasteiger charge is 2.20. The summed E-state index contributed by atoms with van der Waals surface area (Å²) in [5, 5.41) is 11.5. The van der Waals surface area contributed by atoms with E-state index < -0.39 is 0 Å². The molecule has 0 spiro atoms. The van der Waals surface area contributed by atoms with E-state index in [4.69, 9.17) is 31.9 Å². The molecule has 1 fully saturated rings. The van der Waals surface area contributed by atoms with Crippen molar-refractivity contribution in [3.63, 3.8) is 0 Å². The minimum atomic E-state index is -0.145. The van der Waals surface area contributed by atoms with Gasteiger partial charge in [-0.25, -0.2) is 9.97 Å². The second kappa shape index (κ2) is 14.5. The Morgan fingerprint density at radius 2 is 2.00 bits per heavy atom. The number of rotatable bonds is 13. The fourth-order valence-electron chi connectivity index (χ4n) is 4.25. The number of nitrogens with zero attached hydrogens (tertiary/aromatic N) is 5. The zero-order valence-electron chi connectivity index (χ0n) is 22.5. The average Bonchev–Trinajstić information content (AvgIpc) is 3.37. The van der Waals surface area contributed by atoms with Gasteiger partial charge in [0.2, 0.25) is 5.95 Å². The van der Waals surface area contributed by atoms with Gasteiger partial charge in [0.1, 0.15) is 24.1 Å². The number of hydrogen-bond acceptors (Lipinski definition) is 8. The molecule has 0 amide bonds. The molecule has 0 unspecified atom stereocenters. The van der Waals surface area contributed by atoms with Gasteiger partial charge in [0.05, 0.1) is 30.1 Å². The van der Waals surface area contributed by atoms with Gasteiger partial charge in [-0.05, 0) is 50.6 Å². The Labute approximate surface area is 234 Å². The third kappa shape index (κ3) is 8.18. The third-order valence-corrected chi connectivity index (χ3v) is 6.67. The van der Waals surface area contributed by atoms with Crippen molar-refractivity contribution in [3.05, 3.63) is 54.1 Å². The van der Waals surface area contributed by atoms with Crippen molar-refractivity contribution < 1.29 is 9.47 Å². The minimum Gasteiger partial charge on any atom is -0.488 e. The molecule has 0 aliphatic heterocycles. The number of aromatic nitrogens is 4. The van der Waals surface area contributed by atoms with E-state index in [1.807, 2.05) is 49.1 Å². The van der Waals surface area contributed by atoms with Crippen molar-refractivity contribution >= 4 is 29.6 Å². The maximum absolute atomic E-state index is 6.31. The van der Waals surface area contributed by atoms with Crippen molar-refractivity contribution in [2.45, 2.75) is 58.1 Å². The normalized spacial score (nSPS) is 15.1. The second-order valence-corrected chi connectivity index (χ2v) is 9.81. The van der Waals surface area contributed by atoms with E-state index >= 15 is 0 Å². The molecule has 10 nitrogen and oxygen atoms in total. The molecule has 1 aliphatic carbocycles. The molecule has 1 aromatic carbocycles. The molecule has 1 aliphatic rings. The molecule has 4 rings (SSSR count). The van der Waals surface area contributed by atoms with E-state index in [-0.39, 0.29) is 6.10 Å². The van der Waals surface area contributed by atoms with Gasteiger partial charge < -0.3 is 25.8 Å². The lowest BCUT2D eigenvalue weighted by Gasteiger charge is -2.21. The lowest BCUT2D eigenvalue weighted by molar-refractivity contribution is 0.230. The Kier molecular flexibility index (Phi) is 10.6. The Morgan fingerprint density at radius 3 is 2.74 bits per heavy atom. The lowest BCUT2D eigenvalue weighted by atomic mass is 9.96. The number of aliphatic imine (C=N–C) groups is 1. The number of anilines is 2. The Balaban J connectivity index is 1.47. The summed E-state index contributed by atoms with van der Waals surface area (Å²) in [5.74, 6) is 1.54. The molecule has 1 atom stereocenters. The first kappa shape index (κ1) is 28.4. The van der Waals surface area contributed by atoms with Gasteiger partial charge in [-0.2, -0.15) is 0 Å². The van der Waals surface area contributed by atoms with E-state index in [0.717, 1.165) is 29.7 Å². The van der Waals surface area contributed by atoms with Crippen molar-refractivity contribution in [1.29, 1.82) is 0 Å².